The van der Waals surface area contributed by atoms with Gasteiger partial charge in [0.2, 0.25) is 0 Å². The van der Waals surface area contributed by atoms with Crippen LogP contribution in [0.1, 0.15) is 5.69 Å². The van der Waals surface area contributed by atoms with Gasteiger partial charge >= 0.3 is 0 Å². The minimum atomic E-state index is 0.968. The molecule has 0 aromatic carbocycles. The van der Waals surface area contributed by atoms with Crippen molar-refractivity contribution >= 4 is 11.8 Å². The van der Waals surface area contributed by atoms with Crippen LogP contribution in [0, 0.1) is 0 Å². The smallest absolute Gasteiger partial charge is 0.0658 e. The predicted molar refractivity (Wildman–Crippen MR) is 45.7 cm³/mol. The molecule has 4 heteroatoms. The molecule has 1 aromatic rings. The molecule has 1 aliphatic rings. The summed E-state index contributed by atoms with van der Waals surface area (Å²) in [5, 5.41) is 7.61. The molecule has 1 aliphatic heterocycles. The van der Waals surface area contributed by atoms with Gasteiger partial charge in [0, 0.05) is 18.0 Å². The molecule has 11 heavy (non-hydrogen) atoms. The lowest BCUT2D eigenvalue weighted by Crippen LogP contribution is -2.28. The first kappa shape index (κ1) is 7.18. The summed E-state index contributed by atoms with van der Waals surface area (Å²) in [4.78, 5) is 1.30. The fourth-order valence-corrected chi connectivity index (χ4v) is 1.89. The van der Waals surface area contributed by atoms with E-state index in [-0.39, 0.29) is 0 Å². The maximum absolute atomic E-state index is 4.28. The summed E-state index contributed by atoms with van der Waals surface area (Å²) in [7, 11) is 0. The Balaban J connectivity index is 2.38. The third-order valence-corrected chi connectivity index (χ3v) is 2.70. The highest BCUT2D eigenvalue weighted by molar-refractivity contribution is 7.98. The van der Waals surface area contributed by atoms with Crippen molar-refractivity contribution in [1.29, 1.82) is 0 Å². The van der Waals surface area contributed by atoms with Gasteiger partial charge in [-0.25, -0.2) is 0 Å². The van der Waals surface area contributed by atoms with E-state index in [2.05, 4.69) is 21.4 Å². The lowest BCUT2D eigenvalue weighted by molar-refractivity contribution is 0.471. The molecule has 0 saturated heterocycles. The topological polar surface area (TPSA) is 29.9 Å². The molecule has 3 nitrogen and oxygen atoms in total. The van der Waals surface area contributed by atoms with Gasteiger partial charge in [-0.2, -0.15) is 5.10 Å². The largest absolute Gasteiger partial charge is 0.309 e. The molecule has 0 spiro atoms. The standard InChI is InChI=1S/C7H11N3S/c1-11-7-5-9-10-3-2-8-4-6(7)10/h5,8H,2-4H2,1H3. The lowest BCUT2D eigenvalue weighted by atomic mass is 10.3. The molecule has 0 atom stereocenters. The summed E-state index contributed by atoms with van der Waals surface area (Å²) < 4.78 is 2.09. The Hall–Kier alpha value is -0.480. The van der Waals surface area contributed by atoms with Crippen molar-refractivity contribution in [3.05, 3.63) is 11.9 Å². The molecule has 0 unspecified atom stereocenters. The fourth-order valence-electron chi connectivity index (χ4n) is 1.33. The SMILES string of the molecule is CSc1cnn2c1CNCC2. The van der Waals surface area contributed by atoms with Crippen molar-refractivity contribution in [1.82, 2.24) is 15.1 Å². The minimum Gasteiger partial charge on any atom is -0.309 e. The van der Waals surface area contributed by atoms with E-state index >= 15 is 0 Å². The van der Waals surface area contributed by atoms with Crippen molar-refractivity contribution in [2.24, 2.45) is 0 Å². The van der Waals surface area contributed by atoms with Gasteiger partial charge in [-0.15, -0.1) is 11.8 Å². The molecule has 0 aliphatic carbocycles. The summed E-state index contributed by atoms with van der Waals surface area (Å²) in [5.74, 6) is 0. The normalized spacial score (nSPS) is 16.5. The van der Waals surface area contributed by atoms with Crippen LogP contribution in [0.4, 0.5) is 0 Å². The van der Waals surface area contributed by atoms with Gasteiger partial charge < -0.3 is 5.32 Å². The van der Waals surface area contributed by atoms with Crippen molar-refractivity contribution in [2.45, 2.75) is 18.0 Å². The molecule has 2 heterocycles. The summed E-state index contributed by atoms with van der Waals surface area (Å²) in [6.45, 7) is 3.02. The predicted octanol–water partition coefficient (Wildman–Crippen LogP) is 0.708. The first-order chi connectivity index (χ1) is 5.42. The average molecular weight is 169 g/mol. The van der Waals surface area contributed by atoms with E-state index in [1.54, 1.807) is 11.8 Å². The number of hydrogen-bond acceptors (Lipinski definition) is 3. The van der Waals surface area contributed by atoms with Crippen LogP contribution in [-0.4, -0.2) is 22.6 Å². The fraction of sp³-hybridized carbons (Fsp3) is 0.571. The number of nitrogens with one attached hydrogen (secondary N) is 1. The molecule has 0 bridgehead atoms. The van der Waals surface area contributed by atoms with Crippen LogP contribution in [0.2, 0.25) is 0 Å². The molecule has 60 valence electrons. The molecule has 0 amide bonds. The summed E-state index contributed by atoms with van der Waals surface area (Å²) >= 11 is 1.77. The highest BCUT2D eigenvalue weighted by Crippen LogP contribution is 2.20. The third-order valence-electron chi connectivity index (χ3n) is 1.92. The molecule has 1 aromatic heterocycles. The van der Waals surface area contributed by atoms with Crippen LogP contribution in [-0.2, 0) is 13.1 Å². The Morgan fingerprint density at radius 3 is 3.45 bits per heavy atom. The summed E-state index contributed by atoms with van der Waals surface area (Å²) in [6, 6.07) is 0. The van der Waals surface area contributed by atoms with Crippen molar-refractivity contribution in [3.8, 4) is 0 Å². The average Bonchev–Trinajstić information content (AvgIpc) is 2.47. The van der Waals surface area contributed by atoms with Gasteiger partial charge in [-0.1, -0.05) is 0 Å². The van der Waals surface area contributed by atoms with Gasteiger partial charge in [0.15, 0.2) is 0 Å². The van der Waals surface area contributed by atoms with Crippen LogP contribution in [0.5, 0.6) is 0 Å². The summed E-state index contributed by atoms with van der Waals surface area (Å²) in [6.07, 6.45) is 4.04. The number of rotatable bonds is 1. The van der Waals surface area contributed by atoms with E-state index in [0.29, 0.717) is 0 Å². The Morgan fingerprint density at radius 2 is 2.64 bits per heavy atom. The van der Waals surface area contributed by atoms with Crippen molar-refractivity contribution < 1.29 is 0 Å². The molecule has 2 rings (SSSR count). The van der Waals surface area contributed by atoms with E-state index in [9.17, 15) is 0 Å². The Kier molecular flexibility index (Phi) is 1.87. The van der Waals surface area contributed by atoms with E-state index in [4.69, 9.17) is 0 Å². The summed E-state index contributed by atoms with van der Waals surface area (Å²) in [5.41, 5.74) is 1.34. The third kappa shape index (κ3) is 1.16. The molecular weight excluding hydrogens is 158 g/mol. The number of nitrogens with zero attached hydrogens (tertiary/aromatic N) is 2. The van der Waals surface area contributed by atoms with Gasteiger partial charge in [0.25, 0.3) is 0 Å². The van der Waals surface area contributed by atoms with Crippen molar-refractivity contribution in [3.63, 3.8) is 0 Å². The highest BCUT2D eigenvalue weighted by atomic mass is 32.2. The second-order valence-corrected chi connectivity index (χ2v) is 3.41. The monoisotopic (exact) mass is 169 g/mol. The number of aromatic nitrogens is 2. The number of fused-ring (bicyclic) bond motifs is 1. The zero-order chi connectivity index (χ0) is 7.68. The van der Waals surface area contributed by atoms with Gasteiger partial charge in [-0.3, -0.25) is 4.68 Å². The van der Waals surface area contributed by atoms with Crippen LogP contribution in [0.15, 0.2) is 11.1 Å². The molecule has 0 radical (unpaired) electrons. The van der Waals surface area contributed by atoms with Crippen LogP contribution in [0.25, 0.3) is 0 Å². The van der Waals surface area contributed by atoms with E-state index in [1.165, 1.54) is 10.6 Å². The Morgan fingerprint density at radius 1 is 1.73 bits per heavy atom. The van der Waals surface area contributed by atoms with Gasteiger partial charge in [0.05, 0.1) is 18.4 Å². The quantitative estimate of drug-likeness (QED) is 0.628. The zero-order valence-corrected chi connectivity index (χ0v) is 7.32. The van der Waals surface area contributed by atoms with E-state index < -0.39 is 0 Å². The van der Waals surface area contributed by atoms with Gasteiger partial charge in [-0.05, 0) is 6.26 Å². The number of thioether (sulfide) groups is 1. The second-order valence-electron chi connectivity index (χ2n) is 2.56. The number of hydrogen-bond donors (Lipinski definition) is 1. The Bertz CT molecular complexity index is 243. The first-order valence-corrected chi connectivity index (χ1v) is 4.93. The molecular formula is C7H11N3S. The molecule has 1 N–H and O–H groups in total. The zero-order valence-electron chi connectivity index (χ0n) is 6.50. The maximum atomic E-state index is 4.28. The van der Waals surface area contributed by atoms with E-state index in [1.807, 2.05) is 6.20 Å². The maximum Gasteiger partial charge on any atom is 0.0658 e. The highest BCUT2D eigenvalue weighted by Gasteiger charge is 2.12. The Labute approximate surface area is 70.2 Å². The van der Waals surface area contributed by atoms with E-state index in [0.717, 1.165) is 19.6 Å². The molecule has 0 saturated carbocycles. The minimum absolute atomic E-state index is 0.968. The molecule has 0 fully saturated rings. The van der Waals surface area contributed by atoms with Crippen LogP contribution < -0.4 is 5.32 Å². The van der Waals surface area contributed by atoms with Gasteiger partial charge in [0.1, 0.15) is 0 Å². The lowest BCUT2D eigenvalue weighted by Gasteiger charge is -2.15. The van der Waals surface area contributed by atoms with Crippen LogP contribution >= 0.6 is 11.8 Å². The van der Waals surface area contributed by atoms with Crippen LogP contribution in [0.3, 0.4) is 0 Å². The van der Waals surface area contributed by atoms with Crippen molar-refractivity contribution in [2.75, 3.05) is 12.8 Å². The first-order valence-electron chi connectivity index (χ1n) is 3.71. The second kappa shape index (κ2) is 2.87.